The van der Waals surface area contributed by atoms with Gasteiger partial charge in [-0.3, -0.25) is 10.6 Å². The molecule has 34 heavy (non-hydrogen) atoms. The van der Waals surface area contributed by atoms with Crippen LogP contribution in [0, 0.1) is 18.6 Å². The summed E-state index contributed by atoms with van der Waals surface area (Å²) in [5.41, 5.74) is 17.2. The minimum Gasteiger partial charge on any atom is -0.315 e. The summed E-state index contributed by atoms with van der Waals surface area (Å²) >= 11 is 0. The molecule has 0 aliphatic carbocycles. The van der Waals surface area contributed by atoms with Gasteiger partial charge in [-0.1, -0.05) is 19.1 Å². The highest BCUT2D eigenvalue weighted by molar-refractivity contribution is 5.61. The van der Waals surface area contributed by atoms with Crippen LogP contribution in [0.2, 0.25) is 0 Å². The minimum atomic E-state index is -0.599. The third-order valence-electron chi connectivity index (χ3n) is 6.69. The molecule has 0 amide bonds. The molecule has 0 bridgehead atoms. The fraction of sp³-hybridized carbons (Fsp3) is 0.333. The molecule has 0 saturated heterocycles. The summed E-state index contributed by atoms with van der Waals surface area (Å²) in [7, 11) is 0. The van der Waals surface area contributed by atoms with Gasteiger partial charge in [0.15, 0.2) is 5.82 Å². The van der Waals surface area contributed by atoms with Crippen LogP contribution in [0.25, 0.3) is 5.69 Å². The van der Waals surface area contributed by atoms with E-state index in [0.717, 1.165) is 16.8 Å². The molecule has 1 aromatic heterocycles. The summed E-state index contributed by atoms with van der Waals surface area (Å²) in [6, 6.07) is 11.4. The van der Waals surface area contributed by atoms with E-state index >= 15 is 4.39 Å². The van der Waals surface area contributed by atoms with E-state index in [0.29, 0.717) is 36.8 Å². The summed E-state index contributed by atoms with van der Waals surface area (Å²) in [6.07, 6.45) is 0.408. The summed E-state index contributed by atoms with van der Waals surface area (Å²) in [5, 5.41) is 7.55. The topological polar surface area (TPSA) is 101 Å². The fourth-order valence-electron chi connectivity index (χ4n) is 5.00. The Bertz CT molecular complexity index is 1220. The molecule has 178 valence electrons. The number of benzene rings is 2. The smallest absolute Gasteiger partial charge is 0.151 e. The summed E-state index contributed by atoms with van der Waals surface area (Å²) < 4.78 is 30.5. The van der Waals surface area contributed by atoms with Crippen LogP contribution in [0.4, 0.5) is 14.5 Å². The maximum Gasteiger partial charge on any atom is 0.151 e. The molecular weight excluding hydrogens is 438 g/mol. The van der Waals surface area contributed by atoms with Gasteiger partial charge in [-0.2, -0.15) is 5.10 Å². The molecule has 0 saturated carbocycles. The SMILES string of the molecule is CCN1C(N)C2=C(C(c3ccc(F)cc3)CNC2)N(c2ccc(-n3ncnc3C)c(F)c2)C1N. The predicted molar refractivity (Wildman–Crippen MR) is 126 cm³/mol. The Balaban J connectivity index is 1.64. The Labute approximate surface area is 196 Å². The second kappa shape index (κ2) is 8.88. The van der Waals surface area contributed by atoms with Crippen molar-refractivity contribution >= 4 is 5.69 Å². The van der Waals surface area contributed by atoms with Gasteiger partial charge in [0, 0.05) is 36.9 Å². The Hall–Kier alpha value is -3.18. The molecule has 8 nitrogen and oxygen atoms in total. The standard InChI is InChI=1S/C24H28F2N8/c1-3-32-23(27)19-12-29-11-18(15-4-6-16(25)7-5-15)22(19)33(24(32)28)17-8-9-21(20(26)10-17)34-14(2)30-13-31-34/h4-10,13,18,23-24,29H,3,11-12,27-28H2,1-2H3. The van der Waals surface area contributed by atoms with Gasteiger partial charge >= 0.3 is 0 Å². The number of aromatic nitrogens is 3. The van der Waals surface area contributed by atoms with Crippen LogP contribution < -0.4 is 21.7 Å². The number of aryl methyl sites for hydroxylation is 1. The number of nitrogens with one attached hydrogen (secondary N) is 1. The largest absolute Gasteiger partial charge is 0.315 e. The number of halogens is 2. The van der Waals surface area contributed by atoms with E-state index in [9.17, 15) is 4.39 Å². The molecule has 10 heteroatoms. The Morgan fingerprint density at radius 3 is 2.53 bits per heavy atom. The van der Waals surface area contributed by atoms with E-state index in [1.165, 1.54) is 29.2 Å². The first kappa shape index (κ1) is 22.6. The molecule has 2 aliphatic rings. The Morgan fingerprint density at radius 1 is 1.12 bits per heavy atom. The lowest BCUT2D eigenvalue weighted by Gasteiger charge is -2.51. The number of nitrogens with zero attached hydrogens (tertiary/aromatic N) is 5. The quantitative estimate of drug-likeness (QED) is 0.542. The maximum absolute atomic E-state index is 15.4. The van der Waals surface area contributed by atoms with Gasteiger partial charge in [0.05, 0.1) is 6.17 Å². The van der Waals surface area contributed by atoms with Crippen molar-refractivity contribution < 1.29 is 8.78 Å². The van der Waals surface area contributed by atoms with Crippen LogP contribution in [-0.4, -0.2) is 51.8 Å². The highest BCUT2D eigenvalue weighted by Crippen LogP contribution is 2.40. The van der Waals surface area contributed by atoms with E-state index < -0.39 is 12.1 Å². The first-order valence-electron chi connectivity index (χ1n) is 11.3. The molecule has 2 aliphatic heterocycles. The van der Waals surface area contributed by atoms with Crippen molar-refractivity contribution in [3.05, 3.63) is 83.1 Å². The lowest BCUT2D eigenvalue weighted by atomic mass is 9.86. The number of rotatable bonds is 4. The number of nitrogens with two attached hydrogens (primary N) is 2. The van der Waals surface area contributed by atoms with Crippen molar-refractivity contribution in [1.82, 2.24) is 25.0 Å². The Kier molecular flexibility index (Phi) is 5.90. The summed E-state index contributed by atoms with van der Waals surface area (Å²) in [4.78, 5) is 8.01. The Morgan fingerprint density at radius 2 is 1.88 bits per heavy atom. The van der Waals surface area contributed by atoms with Crippen LogP contribution >= 0.6 is 0 Å². The van der Waals surface area contributed by atoms with Crippen molar-refractivity contribution in [1.29, 1.82) is 0 Å². The maximum atomic E-state index is 15.4. The van der Waals surface area contributed by atoms with Gasteiger partial charge in [0.2, 0.25) is 0 Å². The fourth-order valence-corrected chi connectivity index (χ4v) is 5.00. The van der Waals surface area contributed by atoms with Gasteiger partial charge < -0.3 is 16.0 Å². The van der Waals surface area contributed by atoms with Crippen molar-refractivity contribution in [3.8, 4) is 5.69 Å². The molecule has 5 N–H and O–H groups in total. The lowest BCUT2D eigenvalue weighted by molar-refractivity contribution is 0.145. The molecule has 3 atom stereocenters. The zero-order valence-corrected chi connectivity index (χ0v) is 19.1. The second-order valence-electron chi connectivity index (χ2n) is 8.56. The summed E-state index contributed by atoms with van der Waals surface area (Å²) in [5.74, 6) is -0.274. The van der Waals surface area contributed by atoms with Gasteiger partial charge in [-0.15, -0.1) is 0 Å². The van der Waals surface area contributed by atoms with E-state index in [-0.39, 0.29) is 17.9 Å². The second-order valence-corrected chi connectivity index (χ2v) is 8.56. The summed E-state index contributed by atoms with van der Waals surface area (Å²) in [6.45, 7) is 5.60. The van der Waals surface area contributed by atoms with Crippen molar-refractivity contribution in [2.75, 3.05) is 24.5 Å². The third-order valence-corrected chi connectivity index (χ3v) is 6.69. The molecular formula is C24H28F2N8. The molecule has 5 rings (SSSR count). The van der Waals surface area contributed by atoms with E-state index in [2.05, 4.69) is 15.4 Å². The van der Waals surface area contributed by atoms with E-state index in [1.807, 2.05) is 22.8 Å². The van der Waals surface area contributed by atoms with Crippen molar-refractivity contribution in [3.63, 3.8) is 0 Å². The molecule has 0 radical (unpaired) electrons. The highest BCUT2D eigenvalue weighted by atomic mass is 19.1. The number of likely N-dealkylation sites (N-methyl/N-ethyl adjacent to an activating group) is 1. The first-order valence-corrected chi connectivity index (χ1v) is 11.3. The predicted octanol–water partition coefficient (Wildman–Crippen LogP) is 2.16. The van der Waals surface area contributed by atoms with Crippen LogP contribution in [-0.2, 0) is 0 Å². The highest BCUT2D eigenvalue weighted by Gasteiger charge is 2.42. The third kappa shape index (κ3) is 3.68. The zero-order valence-electron chi connectivity index (χ0n) is 19.1. The van der Waals surface area contributed by atoms with Gasteiger partial charge in [-0.05, 0) is 48.4 Å². The van der Waals surface area contributed by atoms with Gasteiger partial charge in [0.25, 0.3) is 0 Å². The molecule has 0 fully saturated rings. The average molecular weight is 467 g/mol. The monoisotopic (exact) mass is 466 g/mol. The number of hydrogen-bond acceptors (Lipinski definition) is 7. The lowest BCUT2D eigenvalue weighted by Crippen LogP contribution is -2.66. The average Bonchev–Trinajstić information content (AvgIpc) is 3.25. The van der Waals surface area contributed by atoms with Crippen molar-refractivity contribution in [2.24, 2.45) is 11.5 Å². The van der Waals surface area contributed by atoms with Crippen LogP contribution in [0.5, 0.6) is 0 Å². The molecule has 3 unspecified atom stereocenters. The number of anilines is 1. The van der Waals surface area contributed by atoms with E-state index in [4.69, 9.17) is 11.5 Å². The van der Waals surface area contributed by atoms with Crippen molar-refractivity contribution in [2.45, 2.75) is 32.2 Å². The van der Waals surface area contributed by atoms with Gasteiger partial charge in [0.1, 0.15) is 29.9 Å². The minimum absolute atomic E-state index is 0.124. The normalized spacial score (nSPS) is 23.4. The molecule has 3 aromatic rings. The molecule has 3 heterocycles. The van der Waals surface area contributed by atoms with Crippen LogP contribution in [0.1, 0.15) is 24.2 Å². The van der Waals surface area contributed by atoms with Crippen LogP contribution in [0.15, 0.2) is 60.1 Å². The first-order chi connectivity index (χ1) is 16.4. The van der Waals surface area contributed by atoms with Crippen LogP contribution in [0.3, 0.4) is 0 Å². The number of hydrogen-bond donors (Lipinski definition) is 3. The molecule has 0 spiro atoms. The zero-order chi connectivity index (χ0) is 24.0. The molecule has 2 aromatic carbocycles. The van der Waals surface area contributed by atoms with Gasteiger partial charge in [-0.25, -0.2) is 18.4 Å². The van der Waals surface area contributed by atoms with E-state index in [1.54, 1.807) is 25.1 Å².